The number of amides is 1. The van der Waals surface area contributed by atoms with Gasteiger partial charge in [0, 0.05) is 17.4 Å². The third-order valence-electron chi connectivity index (χ3n) is 2.78. The third kappa shape index (κ3) is 3.72. The number of nitrogens with one attached hydrogen (secondary N) is 1. The van der Waals surface area contributed by atoms with Crippen LogP contribution in [-0.4, -0.2) is 22.2 Å². The molecule has 0 aromatic heterocycles. The van der Waals surface area contributed by atoms with Gasteiger partial charge in [-0.25, -0.2) is 4.39 Å². The molecule has 1 atom stereocenters. The molecule has 20 heavy (non-hydrogen) atoms. The zero-order valence-electron chi connectivity index (χ0n) is 10.7. The summed E-state index contributed by atoms with van der Waals surface area (Å²) in [4.78, 5) is 21.5. The summed E-state index contributed by atoms with van der Waals surface area (Å²) >= 11 is 3.21. The number of hydrogen-bond donors (Lipinski definition) is 1. The average Bonchev–Trinajstić information content (AvgIpc) is 2.37. The summed E-state index contributed by atoms with van der Waals surface area (Å²) in [5.74, 6) is -3.57. The molecular weight excluding hydrogens is 338 g/mol. The Morgan fingerprint density at radius 3 is 2.65 bits per heavy atom. The number of benzene rings is 1. The van der Waals surface area contributed by atoms with Gasteiger partial charge in [0.25, 0.3) is 5.91 Å². The van der Waals surface area contributed by atoms with Crippen LogP contribution in [0, 0.1) is 21.7 Å². The van der Waals surface area contributed by atoms with Crippen molar-refractivity contribution in [3.63, 3.8) is 0 Å². The normalized spacial score (nSPS) is 12.0. The van der Waals surface area contributed by atoms with Gasteiger partial charge in [-0.15, -0.1) is 0 Å². The molecule has 0 bridgehead atoms. The van der Waals surface area contributed by atoms with Crippen LogP contribution in [0.5, 0.6) is 0 Å². The van der Waals surface area contributed by atoms with Crippen LogP contribution in [0.2, 0.25) is 0 Å². The molecule has 1 aromatic rings. The first kappa shape index (κ1) is 16.5. The Morgan fingerprint density at radius 1 is 1.50 bits per heavy atom. The molecule has 0 saturated heterocycles. The monoisotopic (exact) mass is 350 g/mol. The van der Waals surface area contributed by atoms with Crippen LogP contribution in [0.1, 0.15) is 30.1 Å². The third-order valence-corrected chi connectivity index (χ3v) is 3.24. The van der Waals surface area contributed by atoms with E-state index in [9.17, 15) is 23.7 Å². The summed E-state index contributed by atoms with van der Waals surface area (Å²) in [5, 5.41) is 13.7. The van der Waals surface area contributed by atoms with Crippen molar-refractivity contribution < 1.29 is 18.5 Å². The average molecular weight is 351 g/mol. The van der Waals surface area contributed by atoms with Crippen molar-refractivity contribution >= 4 is 27.5 Å². The number of carbonyl (C=O) groups is 1. The Kier molecular flexibility index (Phi) is 6.00. The minimum Gasteiger partial charge on any atom is -0.349 e. The van der Waals surface area contributed by atoms with E-state index in [-0.39, 0.29) is 6.04 Å². The quantitative estimate of drug-likeness (QED) is 0.486. The van der Waals surface area contributed by atoms with Crippen molar-refractivity contribution in [1.29, 1.82) is 0 Å². The van der Waals surface area contributed by atoms with Crippen LogP contribution in [0.15, 0.2) is 12.1 Å². The van der Waals surface area contributed by atoms with E-state index >= 15 is 0 Å². The van der Waals surface area contributed by atoms with Gasteiger partial charge in [0.1, 0.15) is 11.4 Å². The Balaban J connectivity index is 3.09. The fourth-order valence-corrected chi connectivity index (χ4v) is 2.21. The molecule has 0 aliphatic rings. The van der Waals surface area contributed by atoms with E-state index in [0.717, 1.165) is 0 Å². The minimum absolute atomic E-state index is 0.264. The maximum Gasteiger partial charge on any atom is 0.305 e. The van der Waals surface area contributed by atoms with Gasteiger partial charge in [-0.1, -0.05) is 22.9 Å². The molecule has 8 heteroatoms. The molecule has 0 fully saturated rings. The maximum absolute atomic E-state index is 13.8. The summed E-state index contributed by atoms with van der Waals surface area (Å²) in [6, 6.07) is 1.14. The Labute approximate surface area is 122 Å². The minimum atomic E-state index is -1.46. The van der Waals surface area contributed by atoms with Crippen LogP contribution in [-0.2, 0) is 0 Å². The summed E-state index contributed by atoms with van der Waals surface area (Å²) in [6.45, 7) is 1.81. The van der Waals surface area contributed by atoms with E-state index in [1.807, 2.05) is 6.92 Å². The van der Waals surface area contributed by atoms with Crippen molar-refractivity contribution in [2.24, 2.45) is 0 Å². The first-order valence-corrected chi connectivity index (χ1v) is 7.03. The molecule has 0 saturated carbocycles. The van der Waals surface area contributed by atoms with E-state index in [0.29, 0.717) is 30.3 Å². The van der Waals surface area contributed by atoms with Gasteiger partial charge < -0.3 is 5.32 Å². The van der Waals surface area contributed by atoms with Crippen molar-refractivity contribution in [2.75, 3.05) is 5.33 Å². The molecular formula is C12H13BrF2N2O3. The molecule has 1 rings (SSSR count). The number of nitro benzene ring substituents is 1. The molecule has 1 aromatic carbocycles. The number of rotatable bonds is 6. The Bertz CT molecular complexity index is 526. The maximum atomic E-state index is 13.8. The molecule has 1 amide bonds. The van der Waals surface area contributed by atoms with Gasteiger partial charge in [-0.2, -0.15) is 4.39 Å². The first-order valence-electron chi connectivity index (χ1n) is 5.91. The molecule has 5 nitrogen and oxygen atoms in total. The summed E-state index contributed by atoms with van der Waals surface area (Å²) < 4.78 is 27.4. The van der Waals surface area contributed by atoms with Crippen LogP contribution < -0.4 is 5.32 Å². The second-order valence-corrected chi connectivity index (χ2v) is 4.86. The zero-order valence-corrected chi connectivity index (χ0v) is 12.2. The van der Waals surface area contributed by atoms with Crippen LogP contribution in [0.4, 0.5) is 14.5 Å². The van der Waals surface area contributed by atoms with Gasteiger partial charge in [0.15, 0.2) is 0 Å². The number of hydrogen-bond acceptors (Lipinski definition) is 3. The Hall–Kier alpha value is -1.57. The van der Waals surface area contributed by atoms with E-state index in [4.69, 9.17) is 0 Å². The van der Waals surface area contributed by atoms with Crippen molar-refractivity contribution in [3.8, 4) is 0 Å². The number of alkyl halides is 1. The second kappa shape index (κ2) is 7.28. The van der Waals surface area contributed by atoms with Crippen molar-refractivity contribution in [3.05, 3.63) is 39.4 Å². The summed E-state index contributed by atoms with van der Waals surface area (Å²) in [6.07, 6.45) is 1.16. The molecule has 0 aliphatic heterocycles. The van der Waals surface area contributed by atoms with Gasteiger partial charge in [0.05, 0.1) is 4.92 Å². The lowest BCUT2D eigenvalue weighted by molar-refractivity contribution is -0.387. The highest BCUT2D eigenvalue weighted by molar-refractivity contribution is 9.09. The second-order valence-electron chi connectivity index (χ2n) is 4.07. The number of nitro groups is 1. The molecule has 0 spiro atoms. The molecule has 1 unspecified atom stereocenters. The smallest absolute Gasteiger partial charge is 0.305 e. The van der Waals surface area contributed by atoms with Gasteiger partial charge >= 0.3 is 5.69 Å². The van der Waals surface area contributed by atoms with Crippen LogP contribution >= 0.6 is 15.9 Å². The standard InChI is InChI=1S/C12H13BrF2N2O3/c1-2-7(5-6-13)16-12(18)10-8(14)3-4-9(11(10)15)17(19)20/h3-4,7H,2,5-6H2,1H3,(H,16,18). The highest BCUT2D eigenvalue weighted by atomic mass is 79.9. The number of nitrogens with zero attached hydrogens (tertiary/aromatic N) is 1. The highest BCUT2D eigenvalue weighted by Crippen LogP contribution is 2.23. The predicted octanol–water partition coefficient (Wildman–Crippen LogP) is 3.17. The fraction of sp³-hybridized carbons (Fsp3) is 0.417. The largest absolute Gasteiger partial charge is 0.349 e. The highest BCUT2D eigenvalue weighted by Gasteiger charge is 2.27. The number of halogens is 3. The summed E-state index contributed by atoms with van der Waals surface area (Å²) in [7, 11) is 0. The van der Waals surface area contributed by atoms with Gasteiger partial charge in [-0.05, 0) is 18.9 Å². The lowest BCUT2D eigenvalue weighted by atomic mass is 10.1. The summed E-state index contributed by atoms with van der Waals surface area (Å²) in [5.41, 5.74) is -1.85. The van der Waals surface area contributed by atoms with Crippen molar-refractivity contribution in [1.82, 2.24) is 5.32 Å². The van der Waals surface area contributed by atoms with Crippen molar-refractivity contribution in [2.45, 2.75) is 25.8 Å². The molecule has 0 heterocycles. The SMILES string of the molecule is CCC(CCBr)NC(=O)c1c(F)ccc([N+](=O)[O-])c1F. The zero-order chi connectivity index (χ0) is 15.3. The molecule has 0 radical (unpaired) electrons. The lowest BCUT2D eigenvalue weighted by Gasteiger charge is -2.16. The number of carbonyl (C=O) groups excluding carboxylic acids is 1. The van der Waals surface area contributed by atoms with E-state index in [1.54, 1.807) is 0 Å². The lowest BCUT2D eigenvalue weighted by Crippen LogP contribution is -2.35. The van der Waals surface area contributed by atoms with E-state index in [2.05, 4.69) is 21.2 Å². The predicted molar refractivity (Wildman–Crippen MR) is 73.0 cm³/mol. The molecule has 110 valence electrons. The van der Waals surface area contributed by atoms with E-state index < -0.39 is 33.7 Å². The van der Waals surface area contributed by atoms with E-state index in [1.165, 1.54) is 0 Å². The van der Waals surface area contributed by atoms with Crippen LogP contribution in [0.25, 0.3) is 0 Å². The molecule has 1 N–H and O–H groups in total. The topological polar surface area (TPSA) is 72.2 Å². The van der Waals surface area contributed by atoms with Crippen LogP contribution in [0.3, 0.4) is 0 Å². The van der Waals surface area contributed by atoms with Gasteiger partial charge in [-0.3, -0.25) is 14.9 Å². The molecule has 0 aliphatic carbocycles. The Morgan fingerprint density at radius 2 is 2.15 bits per heavy atom. The fourth-order valence-electron chi connectivity index (χ4n) is 1.66. The first-order chi connectivity index (χ1) is 9.42. The van der Waals surface area contributed by atoms with Gasteiger partial charge in [0.2, 0.25) is 5.82 Å².